The average Bonchev–Trinajstić information content (AvgIpc) is 2.23. The molecule has 0 spiro atoms. The zero-order valence-electron chi connectivity index (χ0n) is 12.5. The zero-order chi connectivity index (χ0) is 14.1. The van der Waals surface area contributed by atoms with E-state index in [4.69, 9.17) is 4.74 Å². The number of hydrogen-bond acceptors (Lipinski definition) is 3. The van der Waals surface area contributed by atoms with Crippen LogP contribution in [-0.4, -0.2) is 22.3 Å². The third-order valence-corrected chi connectivity index (χ3v) is 5.71. The number of aliphatic hydroxyl groups is 1. The van der Waals surface area contributed by atoms with Gasteiger partial charge in [0.15, 0.2) is 0 Å². The molecule has 2 unspecified atom stereocenters. The van der Waals surface area contributed by atoms with Gasteiger partial charge in [0.1, 0.15) is 5.60 Å². The van der Waals surface area contributed by atoms with Gasteiger partial charge in [0.2, 0.25) is 0 Å². The van der Waals surface area contributed by atoms with Gasteiger partial charge in [-0.15, -0.1) is 0 Å². The molecule has 0 heterocycles. The summed E-state index contributed by atoms with van der Waals surface area (Å²) in [6, 6.07) is 0. The van der Waals surface area contributed by atoms with Gasteiger partial charge in [-0.1, -0.05) is 0 Å². The Labute approximate surface area is 115 Å². The predicted octanol–water partition coefficient (Wildman–Crippen LogP) is 2.91. The van der Waals surface area contributed by atoms with Crippen LogP contribution in [0.15, 0.2) is 0 Å². The summed E-state index contributed by atoms with van der Waals surface area (Å²) in [5.74, 6) is 1.18. The summed E-state index contributed by atoms with van der Waals surface area (Å²) < 4.78 is 5.96. The van der Waals surface area contributed by atoms with Gasteiger partial charge in [0.25, 0.3) is 0 Å². The molecule has 0 aromatic carbocycles. The fourth-order valence-electron chi connectivity index (χ4n) is 4.61. The molecule has 108 valence electrons. The van der Waals surface area contributed by atoms with Gasteiger partial charge in [-0.2, -0.15) is 0 Å². The largest absolute Gasteiger partial charge is 0.459 e. The van der Waals surface area contributed by atoms with Gasteiger partial charge < -0.3 is 9.84 Å². The quantitative estimate of drug-likeness (QED) is 0.742. The second-order valence-electron chi connectivity index (χ2n) is 8.39. The summed E-state index contributed by atoms with van der Waals surface area (Å²) in [5.41, 5.74) is -1.26. The maximum Gasteiger partial charge on any atom is 0.311 e. The van der Waals surface area contributed by atoms with Crippen LogP contribution in [0.4, 0.5) is 0 Å². The van der Waals surface area contributed by atoms with Crippen molar-refractivity contribution in [1.82, 2.24) is 0 Å². The third-order valence-electron chi connectivity index (χ3n) is 5.71. The molecular weight excluding hydrogens is 240 g/mol. The van der Waals surface area contributed by atoms with Crippen LogP contribution in [0.1, 0.15) is 59.8 Å². The molecule has 4 aliphatic carbocycles. The van der Waals surface area contributed by atoms with E-state index in [-0.39, 0.29) is 11.6 Å². The Balaban J connectivity index is 1.82. The highest BCUT2D eigenvalue weighted by Gasteiger charge is 2.61. The maximum atomic E-state index is 12.2. The highest BCUT2D eigenvalue weighted by molar-refractivity contribution is 5.75. The molecule has 4 aliphatic rings. The zero-order valence-corrected chi connectivity index (χ0v) is 12.5. The Morgan fingerprint density at radius 3 is 2.16 bits per heavy atom. The van der Waals surface area contributed by atoms with Crippen LogP contribution in [-0.2, 0) is 9.53 Å². The minimum Gasteiger partial charge on any atom is -0.459 e. The lowest BCUT2D eigenvalue weighted by molar-refractivity contribution is -0.237. The highest BCUT2D eigenvalue weighted by atomic mass is 16.6. The topological polar surface area (TPSA) is 46.5 Å². The molecule has 3 heteroatoms. The Hall–Kier alpha value is -0.570. The van der Waals surface area contributed by atoms with Crippen LogP contribution in [0.3, 0.4) is 0 Å². The summed E-state index contributed by atoms with van der Waals surface area (Å²) >= 11 is 0. The van der Waals surface area contributed by atoms with Crippen LogP contribution in [0.25, 0.3) is 0 Å². The molecule has 4 bridgehead atoms. The summed E-state index contributed by atoms with van der Waals surface area (Å²) in [6.45, 7) is 7.71. The molecule has 0 radical (unpaired) electrons. The van der Waals surface area contributed by atoms with Gasteiger partial charge >= 0.3 is 5.97 Å². The van der Waals surface area contributed by atoms with E-state index in [1.165, 1.54) is 0 Å². The molecule has 4 rings (SSSR count). The lowest BCUT2D eigenvalue weighted by Gasteiger charge is -2.62. The second-order valence-corrected chi connectivity index (χ2v) is 8.39. The van der Waals surface area contributed by atoms with Crippen LogP contribution < -0.4 is 0 Å². The second kappa shape index (κ2) is 3.75. The minimum atomic E-state index is -0.547. The molecule has 0 aliphatic heterocycles. The van der Waals surface area contributed by atoms with Crippen molar-refractivity contribution >= 4 is 5.97 Å². The van der Waals surface area contributed by atoms with E-state index in [9.17, 15) is 9.90 Å². The van der Waals surface area contributed by atoms with E-state index in [0.29, 0.717) is 17.8 Å². The first-order valence-electron chi connectivity index (χ1n) is 7.58. The van der Waals surface area contributed by atoms with Crippen molar-refractivity contribution in [3.63, 3.8) is 0 Å². The van der Waals surface area contributed by atoms with Crippen molar-refractivity contribution in [3.05, 3.63) is 0 Å². The number of rotatable bonds is 1. The molecule has 3 nitrogen and oxygen atoms in total. The molecule has 4 fully saturated rings. The first kappa shape index (κ1) is 13.4. The van der Waals surface area contributed by atoms with Crippen molar-refractivity contribution < 1.29 is 14.6 Å². The molecule has 2 atom stereocenters. The monoisotopic (exact) mass is 266 g/mol. The predicted molar refractivity (Wildman–Crippen MR) is 72.5 cm³/mol. The maximum absolute atomic E-state index is 12.2. The van der Waals surface area contributed by atoms with Gasteiger partial charge in [-0.05, 0) is 77.6 Å². The molecule has 0 saturated heterocycles. The van der Waals surface area contributed by atoms with Gasteiger partial charge in [-0.3, -0.25) is 4.79 Å². The van der Waals surface area contributed by atoms with Crippen molar-refractivity contribution in [3.8, 4) is 0 Å². The molecule has 0 amide bonds. The lowest BCUT2D eigenvalue weighted by atomic mass is 9.48. The van der Waals surface area contributed by atoms with Crippen LogP contribution >= 0.6 is 0 Å². The number of ether oxygens (including phenoxy) is 1. The average molecular weight is 266 g/mol. The Morgan fingerprint density at radius 2 is 1.68 bits per heavy atom. The van der Waals surface area contributed by atoms with Crippen molar-refractivity contribution in [2.75, 3.05) is 0 Å². The normalized spacial score (nSPS) is 48.4. The van der Waals surface area contributed by atoms with Crippen LogP contribution in [0.5, 0.6) is 0 Å². The van der Waals surface area contributed by atoms with Gasteiger partial charge in [-0.25, -0.2) is 0 Å². The highest BCUT2D eigenvalue weighted by Crippen LogP contribution is 2.61. The fourth-order valence-corrected chi connectivity index (χ4v) is 4.61. The Bertz CT molecular complexity index is 387. The molecular formula is C16H26O3. The smallest absolute Gasteiger partial charge is 0.311 e. The van der Waals surface area contributed by atoms with E-state index in [1.807, 2.05) is 27.7 Å². The van der Waals surface area contributed by atoms with Crippen molar-refractivity contribution in [1.29, 1.82) is 0 Å². The van der Waals surface area contributed by atoms with Gasteiger partial charge in [0.05, 0.1) is 11.0 Å². The van der Waals surface area contributed by atoms with Crippen molar-refractivity contribution in [2.24, 2.45) is 23.2 Å². The summed E-state index contributed by atoms with van der Waals surface area (Å²) in [7, 11) is 0. The first-order chi connectivity index (χ1) is 8.62. The van der Waals surface area contributed by atoms with Gasteiger partial charge in [0, 0.05) is 0 Å². The van der Waals surface area contributed by atoms with E-state index < -0.39 is 11.0 Å². The van der Waals surface area contributed by atoms with Crippen LogP contribution in [0, 0.1) is 23.2 Å². The SMILES string of the molecule is CC(C)(C)C(=O)OC12CC3CC(C1)C(C)(O)C(C3)C2. The Kier molecular flexibility index (Phi) is 2.65. The molecule has 0 aromatic rings. The number of esters is 1. The summed E-state index contributed by atoms with van der Waals surface area (Å²) in [6.07, 6.45) is 4.94. The number of hydrogen-bond donors (Lipinski definition) is 1. The first-order valence-corrected chi connectivity index (χ1v) is 7.58. The Morgan fingerprint density at radius 1 is 1.16 bits per heavy atom. The minimum absolute atomic E-state index is 0.0888. The van der Waals surface area contributed by atoms with E-state index >= 15 is 0 Å². The fraction of sp³-hybridized carbons (Fsp3) is 0.938. The third kappa shape index (κ3) is 2.01. The molecule has 4 saturated carbocycles. The molecule has 0 aromatic heterocycles. The summed E-state index contributed by atoms with van der Waals surface area (Å²) in [5, 5.41) is 10.7. The van der Waals surface area contributed by atoms with E-state index in [2.05, 4.69) is 0 Å². The summed E-state index contributed by atoms with van der Waals surface area (Å²) in [4.78, 5) is 12.2. The standard InChI is InChI=1S/C16H26O3/c1-14(2,3)13(17)19-16-7-10-5-11(8-16)15(4,18)12(6-10)9-16/h10-12,18H,5-9H2,1-4H3. The molecule has 19 heavy (non-hydrogen) atoms. The van der Waals surface area contributed by atoms with E-state index in [0.717, 1.165) is 32.1 Å². The van der Waals surface area contributed by atoms with Crippen LogP contribution in [0.2, 0.25) is 0 Å². The van der Waals surface area contributed by atoms with Crippen molar-refractivity contribution in [2.45, 2.75) is 71.0 Å². The molecule has 1 N–H and O–H groups in total. The lowest BCUT2D eigenvalue weighted by Crippen LogP contribution is -2.63. The van der Waals surface area contributed by atoms with E-state index in [1.54, 1.807) is 0 Å². The number of carbonyl (C=O) groups excluding carboxylic acids is 1. The number of carbonyl (C=O) groups is 1.